The number of amides is 1. The Hall–Kier alpha value is -2.29. The van der Waals surface area contributed by atoms with Crippen LogP contribution in [0, 0.1) is 0 Å². The van der Waals surface area contributed by atoms with E-state index in [1.807, 2.05) is 56.3 Å². The van der Waals surface area contributed by atoms with Gasteiger partial charge in [-0.05, 0) is 43.2 Å². The first-order valence-corrected chi connectivity index (χ1v) is 7.26. The average molecular weight is 283 g/mol. The van der Waals surface area contributed by atoms with Crippen molar-refractivity contribution in [2.75, 3.05) is 0 Å². The van der Waals surface area contributed by atoms with E-state index in [2.05, 4.69) is 5.32 Å². The van der Waals surface area contributed by atoms with E-state index in [1.54, 1.807) is 12.1 Å². The maximum atomic E-state index is 12.0. The van der Waals surface area contributed by atoms with Crippen LogP contribution in [0.2, 0.25) is 0 Å². The highest BCUT2D eigenvalue weighted by Gasteiger charge is 2.08. The first kappa shape index (κ1) is 15.1. The van der Waals surface area contributed by atoms with Gasteiger partial charge in [0.1, 0.15) is 12.4 Å². The van der Waals surface area contributed by atoms with Crippen molar-refractivity contribution in [3.8, 4) is 5.75 Å². The third kappa shape index (κ3) is 4.63. The van der Waals surface area contributed by atoms with E-state index in [1.165, 1.54) is 0 Å². The van der Waals surface area contributed by atoms with E-state index in [-0.39, 0.29) is 11.9 Å². The van der Waals surface area contributed by atoms with Crippen molar-refractivity contribution in [3.63, 3.8) is 0 Å². The molecule has 0 aliphatic heterocycles. The molecule has 0 saturated carbocycles. The van der Waals surface area contributed by atoms with Crippen LogP contribution in [-0.2, 0) is 6.61 Å². The summed E-state index contributed by atoms with van der Waals surface area (Å²) < 4.78 is 5.70. The van der Waals surface area contributed by atoms with Crippen molar-refractivity contribution >= 4 is 5.91 Å². The van der Waals surface area contributed by atoms with Gasteiger partial charge in [-0.2, -0.15) is 0 Å². The summed E-state index contributed by atoms with van der Waals surface area (Å²) in [5.41, 5.74) is 1.78. The zero-order chi connectivity index (χ0) is 15.1. The monoisotopic (exact) mass is 283 g/mol. The second-order valence-electron chi connectivity index (χ2n) is 5.08. The predicted molar refractivity (Wildman–Crippen MR) is 84.4 cm³/mol. The summed E-state index contributed by atoms with van der Waals surface area (Å²) in [5.74, 6) is 0.720. The van der Waals surface area contributed by atoms with Crippen LogP contribution in [0.25, 0.3) is 0 Å². The van der Waals surface area contributed by atoms with E-state index >= 15 is 0 Å². The maximum absolute atomic E-state index is 12.0. The first-order chi connectivity index (χ1) is 10.2. The molecule has 2 aromatic rings. The minimum atomic E-state index is -0.0426. The van der Waals surface area contributed by atoms with Crippen LogP contribution in [0.4, 0.5) is 0 Å². The molecule has 3 nitrogen and oxygen atoms in total. The third-order valence-electron chi connectivity index (χ3n) is 3.35. The van der Waals surface area contributed by atoms with Gasteiger partial charge in [0.25, 0.3) is 5.91 Å². The molecule has 1 atom stereocenters. The fourth-order valence-electron chi connectivity index (χ4n) is 1.85. The smallest absolute Gasteiger partial charge is 0.251 e. The van der Waals surface area contributed by atoms with Crippen molar-refractivity contribution in [1.82, 2.24) is 5.32 Å². The average Bonchev–Trinajstić information content (AvgIpc) is 2.54. The summed E-state index contributed by atoms with van der Waals surface area (Å²) in [6.45, 7) is 4.57. The summed E-state index contributed by atoms with van der Waals surface area (Å²) in [6, 6.07) is 17.4. The predicted octanol–water partition coefficient (Wildman–Crippen LogP) is 3.79. The molecule has 0 fully saturated rings. The molecule has 0 saturated heterocycles. The minimum Gasteiger partial charge on any atom is -0.489 e. The zero-order valence-corrected chi connectivity index (χ0v) is 12.5. The van der Waals surface area contributed by atoms with Crippen LogP contribution < -0.4 is 10.1 Å². The Morgan fingerprint density at radius 2 is 1.76 bits per heavy atom. The number of rotatable bonds is 6. The Balaban J connectivity index is 1.91. The number of benzene rings is 2. The van der Waals surface area contributed by atoms with Crippen molar-refractivity contribution in [2.45, 2.75) is 32.9 Å². The molecule has 1 amide bonds. The van der Waals surface area contributed by atoms with Crippen molar-refractivity contribution in [2.24, 2.45) is 0 Å². The van der Waals surface area contributed by atoms with Crippen LogP contribution in [-0.4, -0.2) is 11.9 Å². The number of hydrogen-bond acceptors (Lipinski definition) is 2. The van der Waals surface area contributed by atoms with Crippen molar-refractivity contribution in [1.29, 1.82) is 0 Å². The number of carbonyl (C=O) groups excluding carboxylic acids is 1. The largest absolute Gasteiger partial charge is 0.489 e. The molecular weight excluding hydrogens is 262 g/mol. The van der Waals surface area contributed by atoms with Crippen LogP contribution >= 0.6 is 0 Å². The lowest BCUT2D eigenvalue weighted by Crippen LogP contribution is -2.31. The van der Waals surface area contributed by atoms with Gasteiger partial charge in [-0.3, -0.25) is 4.79 Å². The Morgan fingerprint density at radius 1 is 1.10 bits per heavy atom. The van der Waals surface area contributed by atoms with Crippen LogP contribution in [0.1, 0.15) is 36.2 Å². The molecule has 0 aliphatic rings. The second kappa shape index (κ2) is 7.48. The first-order valence-electron chi connectivity index (χ1n) is 7.26. The molecule has 110 valence electrons. The van der Waals surface area contributed by atoms with Gasteiger partial charge in [-0.25, -0.2) is 0 Å². The molecule has 3 heteroatoms. The summed E-state index contributed by atoms with van der Waals surface area (Å²) in [5, 5.41) is 2.94. The number of carbonyl (C=O) groups is 1. The van der Waals surface area contributed by atoms with Gasteiger partial charge < -0.3 is 10.1 Å². The lowest BCUT2D eigenvalue weighted by atomic mass is 10.2. The highest BCUT2D eigenvalue weighted by atomic mass is 16.5. The molecule has 1 N–H and O–H groups in total. The summed E-state index contributed by atoms with van der Waals surface area (Å²) >= 11 is 0. The molecule has 2 rings (SSSR count). The van der Waals surface area contributed by atoms with E-state index in [9.17, 15) is 4.79 Å². The topological polar surface area (TPSA) is 38.3 Å². The van der Waals surface area contributed by atoms with E-state index in [0.717, 1.165) is 17.7 Å². The molecule has 21 heavy (non-hydrogen) atoms. The number of hydrogen-bond donors (Lipinski definition) is 1. The molecule has 0 radical (unpaired) electrons. The second-order valence-corrected chi connectivity index (χ2v) is 5.08. The Morgan fingerprint density at radius 3 is 2.38 bits per heavy atom. The number of nitrogens with one attached hydrogen (secondary N) is 1. The Labute approximate surface area is 126 Å². The van der Waals surface area contributed by atoms with Crippen LogP contribution in [0.3, 0.4) is 0 Å². The summed E-state index contributed by atoms with van der Waals surface area (Å²) in [6.07, 6.45) is 0.921. The quantitative estimate of drug-likeness (QED) is 0.876. The SMILES string of the molecule is CCC(C)NC(=O)c1ccc(OCc2ccccc2)cc1. The summed E-state index contributed by atoms with van der Waals surface area (Å²) in [7, 11) is 0. The van der Waals surface area contributed by atoms with Crippen LogP contribution in [0.15, 0.2) is 54.6 Å². The molecule has 0 aliphatic carbocycles. The van der Waals surface area contributed by atoms with E-state index in [0.29, 0.717) is 12.2 Å². The van der Waals surface area contributed by atoms with Gasteiger partial charge in [-0.1, -0.05) is 37.3 Å². The third-order valence-corrected chi connectivity index (χ3v) is 3.35. The fourth-order valence-corrected chi connectivity index (χ4v) is 1.85. The normalized spacial score (nSPS) is 11.7. The van der Waals surface area contributed by atoms with Gasteiger partial charge in [0.05, 0.1) is 0 Å². The molecule has 0 bridgehead atoms. The van der Waals surface area contributed by atoms with Crippen molar-refractivity contribution in [3.05, 3.63) is 65.7 Å². The highest BCUT2D eigenvalue weighted by molar-refractivity contribution is 5.94. The Bertz CT molecular complexity index is 564. The lowest BCUT2D eigenvalue weighted by molar-refractivity contribution is 0.0939. The van der Waals surface area contributed by atoms with Gasteiger partial charge in [0, 0.05) is 11.6 Å². The standard InChI is InChI=1S/C18H21NO2/c1-3-14(2)19-18(20)16-9-11-17(12-10-16)21-13-15-7-5-4-6-8-15/h4-12,14H,3,13H2,1-2H3,(H,19,20). The molecular formula is C18H21NO2. The molecule has 1 unspecified atom stereocenters. The molecule has 0 heterocycles. The molecule has 0 spiro atoms. The fraction of sp³-hybridized carbons (Fsp3) is 0.278. The van der Waals surface area contributed by atoms with Crippen molar-refractivity contribution < 1.29 is 9.53 Å². The molecule has 0 aromatic heterocycles. The maximum Gasteiger partial charge on any atom is 0.251 e. The minimum absolute atomic E-state index is 0.0426. The van der Waals surface area contributed by atoms with E-state index < -0.39 is 0 Å². The van der Waals surface area contributed by atoms with E-state index in [4.69, 9.17) is 4.74 Å². The highest BCUT2D eigenvalue weighted by Crippen LogP contribution is 2.14. The summed E-state index contributed by atoms with van der Waals surface area (Å²) in [4.78, 5) is 12.0. The van der Waals surface area contributed by atoms with Gasteiger partial charge in [-0.15, -0.1) is 0 Å². The van der Waals surface area contributed by atoms with Gasteiger partial charge >= 0.3 is 0 Å². The van der Waals surface area contributed by atoms with Gasteiger partial charge in [0.15, 0.2) is 0 Å². The Kier molecular flexibility index (Phi) is 5.38. The number of ether oxygens (including phenoxy) is 1. The zero-order valence-electron chi connectivity index (χ0n) is 12.5. The van der Waals surface area contributed by atoms with Crippen LogP contribution in [0.5, 0.6) is 5.75 Å². The lowest BCUT2D eigenvalue weighted by Gasteiger charge is -2.12. The van der Waals surface area contributed by atoms with Gasteiger partial charge in [0.2, 0.25) is 0 Å². The molecule has 2 aromatic carbocycles.